The first-order valence-corrected chi connectivity index (χ1v) is 5.32. The molecule has 0 aliphatic rings. The third kappa shape index (κ3) is 5.90. The molecule has 2 nitrogen and oxygen atoms in total. The minimum absolute atomic E-state index is 0.251. The summed E-state index contributed by atoms with van der Waals surface area (Å²) in [5.74, 6) is -0.251. The maximum absolute atomic E-state index is 10.3. The largest absolute Gasteiger partial charge is 0.460 e. The molecule has 0 amide bonds. The molecule has 10 heavy (non-hydrogen) atoms. The minimum atomic E-state index is -0.251. The molecule has 0 aliphatic heterocycles. The first-order chi connectivity index (χ1) is 4.54. The molecular formula is C5H5BrI2O2. The van der Waals surface area contributed by atoms with Crippen LogP contribution in [0.25, 0.3) is 0 Å². The summed E-state index contributed by atoms with van der Waals surface area (Å²) in [6, 6.07) is 0. The van der Waals surface area contributed by atoms with E-state index in [1.165, 1.54) is 6.92 Å². The smallest absolute Gasteiger partial charge is 0.302 e. The van der Waals surface area contributed by atoms with E-state index in [1.807, 2.05) is 0 Å². The van der Waals surface area contributed by atoms with E-state index in [9.17, 15) is 4.79 Å². The molecule has 0 aromatic carbocycles. The Morgan fingerprint density at radius 3 is 2.40 bits per heavy atom. The van der Waals surface area contributed by atoms with Gasteiger partial charge in [0.2, 0.25) is 0 Å². The molecule has 0 heterocycles. The van der Waals surface area contributed by atoms with Crippen LogP contribution in [-0.4, -0.2) is 12.6 Å². The summed E-state index contributed by atoms with van der Waals surface area (Å²) in [4.78, 5) is 10.3. The first-order valence-electron chi connectivity index (χ1n) is 2.37. The van der Waals surface area contributed by atoms with E-state index in [-0.39, 0.29) is 5.97 Å². The average molecular weight is 431 g/mol. The summed E-state index contributed by atoms with van der Waals surface area (Å²) in [6.07, 6.45) is 0. The van der Waals surface area contributed by atoms with Gasteiger partial charge in [0.05, 0.1) is 2.49 Å². The molecule has 0 aliphatic carbocycles. The SMILES string of the molecule is CC(=O)OC/C(I)=C(/Br)I. The summed E-state index contributed by atoms with van der Waals surface area (Å²) in [5.41, 5.74) is 0. The van der Waals surface area contributed by atoms with Crippen molar-refractivity contribution in [2.24, 2.45) is 0 Å². The molecule has 0 saturated heterocycles. The van der Waals surface area contributed by atoms with E-state index >= 15 is 0 Å². The zero-order valence-electron chi connectivity index (χ0n) is 5.16. The number of carbonyl (C=O) groups excluding carboxylic acids is 1. The van der Waals surface area contributed by atoms with Crippen LogP contribution in [0.15, 0.2) is 6.07 Å². The van der Waals surface area contributed by atoms with E-state index in [4.69, 9.17) is 4.74 Å². The number of rotatable bonds is 2. The van der Waals surface area contributed by atoms with Crippen molar-refractivity contribution in [1.29, 1.82) is 0 Å². The second-order valence-corrected chi connectivity index (χ2v) is 6.10. The van der Waals surface area contributed by atoms with Crippen molar-refractivity contribution >= 4 is 67.1 Å². The number of ether oxygens (including phenoxy) is 1. The highest BCUT2D eigenvalue weighted by Gasteiger charge is 1.98. The lowest BCUT2D eigenvalue weighted by Gasteiger charge is -1.99. The van der Waals surface area contributed by atoms with Crippen LogP contribution >= 0.6 is 61.1 Å². The topological polar surface area (TPSA) is 26.3 Å². The molecule has 0 atom stereocenters. The van der Waals surface area contributed by atoms with Crippen LogP contribution in [0.3, 0.4) is 0 Å². The van der Waals surface area contributed by atoms with Crippen molar-refractivity contribution in [3.63, 3.8) is 0 Å². The van der Waals surface area contributed by atoms with Crippen molar-refractivity contribution < 1.29 is 9.53 Å². The van der Waals surface area contributed by atoms with Crippen molar-refractivity contribution in [3.8, 4) is 0 Å². The predicted octanol–water partition coefficient (Wildman–Crippen LogP) is 2.98. The summed E-state index contributed by atoms with van der Waals surface area (Å²) in [5, 5.41) is 0. The maximum atomic E-state index is 10.3. The predicted molar refractivity (Wildman–Crippen MR) is 60.6 cm³/mol. The first kappa shape index (κ1) is 11.2. The molecule has 0 bridgehead atoms. The Balaban J connectivity index is 3.71. The third-order valence-corrected chi connectivity index (χ3v) is 4.36. The monoisotopic (exact) mass is 430 g/mol. The van der Waals surface area contributed by atoms with Crippen LogP contribution in [0.2, 0.25) is 0 Å². The summed E-state index contributed by atoms with van der Waals surface area (Å²) >= 11 is 7.48. The fraction of sp³-hybridized carbons (Fsp3) is 0.400. The maximum Gasteiger partial charge on any atom is 0.302 e. The quantitative estimate of drug-likeness (QED) is 0.497. The zero-order valence-corrected chi connectivity index (χ0v) is 11.1. The number of hydrogen-bond donors (Lipinski definition) is 0. The molecule has 0 radical (unpaired) electrons. The van der Waals surface area contributed by atoms with Gasteiger partial charge in [-0.2, -0.15) is 0 Å². The van der Waals surface area contributed by atoms with Crippen molar-refractivity contribution in [2.45, 2.75) is 6.92 Å². The molecule has 0 rings (SSSR count). The highest BCUT2D eigenvalue weighted by molar-refractivity contribution is 14.1. The summed E-state index contributed by atoms with van der Waals surface area (Å²) in [6.45, 7) is 1.75. The van der Waals surface area contributed by atoms with Crippen LogP contribution in [-0.2, 0) is 9.53 Å². The van der Waals surface area contributed by atoms with E-state index in [2.05, 4.69) is 61.1 Å². The van der Waals surface area contributed by atoms with Crippen LogP contribution in [0.1, 0.15) is 6.92 Å². The fourth-order valence-electron chi connectivity index (χ4n) is 0.220. The number of halogens is 3. The van der Waals surface area contributed by atoms with E-state index in [1.54, 1.807) is 0 Å². The molecule has 5 heteroatoms. The summed E-state index contributed by atoms with van der Waals surface area (Å²) < 4.78 is 6.70. The Morgan fingerprint density at radius 2 is 2.10 bits per heavy atom. The van der Waals surface area contributed by atoms with Crippen molar-refractivity contribution in [2.75, 3.05) is 6.61 Å². The van der Waals surface area contributed by atoms with Crippen molar-refractivity contribution in [3.05, 3.63) is 6.07 Å². The average Bonchev–Trinajstić information content (AvgIpc) is 1.82. The van der Waals surface area contributed by atoms with Crippen molar-refractivity contribution in [1.82, 2.24) is 0 Å². The van der Waals surface area contributed by atoms with E-state index in [0.717, 1.165) is 6.07 Å². The Morgan fingerprint density at radius 1 is 1.60 bits per heavy atom. The molecule has 0 saturated carbocycles. The Kier molecular flexibility index (Phi) is 6.42. The van der Waals surface area contributed by atoms with Crippen LogP contribution in [0.4, 0.5) is 0 Å². The lowest BCUT2D eigenvalue weighted by atomic mass is 10.7. The van der Waals surface area contributed by atoms with Crippen LogP contribution in [0.5, 0.6) is 0 Å². The van der Waals surface area contributed by atoms with Gasteiger partial charge in [0.25, 0.3) is 0 Å². The van der Waals surface area contributed by atoms with E-state index in [0.29, 0.717) is 6.61 Å². The molecule has 58 valence electrons. The molecule has 0 N–H and O–H groups in total. The number of hydrogen-bond acceptors (Lipinski definition) is 2. The van der Waals surface area contributed by atoms with Gasteiger partial charge in [0.15, 0.2) is 0 Å². The van der Waals surface area contributed by atoms with Gasteiger partial charge in [-0.05, 0) is 61.1 Å². The highest BCUT2D eigenvalue weighted by Crippen LogP contribution is 2.24. The Hall–Kier alpha value is 1.15. The van der Waals surface area contributed by atoms with Crippen LogP contribution in [0, 0.1) is 0 Å². The van der Waals surface area contributed by atoms with Gasteiger partial charge < -0.3 is 4.74 Å². The second kappa shape index (κ2) is 5.76. The molecule has 0 unspecified atom stereocenters. The number of esters is 1. The van der Waals surface area contributed by atoms with Gasteiger partial charge in [-0.15, -0.1) is 0 Å². The molecule has 0 fully saturated rings. The van der Waals surface area contributed by atoms with Gasteiger partial charge in [0, 0.05) is 10.5 Å². The second-order valence-electron chi connectivity index (χ2n) is 1.45. The van der Waals surface area contributed by atoms with Gasteiger partial charge in [-0.25, -0.2) is 0 Å². The normalized spacial score (nSPS) is 12.4. The Bertz CT molecular complexity index is 163. The van der Waals surface area contributed by atoms with Gasteiger partial charge >= 0.3 is 5.97 Å². The Labute approximate surface area is 95.2 Å². The van der Waals surface area contributed by atoms with Gasteiger partial charge in [0.1, 0.15) is 6.61 Å². The molecule has 0 spiro atoms. The molecular weight excluding hydrogens is 426 g/mol. The lowest BCUT2D eigenvalue weighted by molar-refractivity contribution is -0.139. The molecule has 0 aromatic heterocycles. The van der Waals surface area contributed by atoms with Gasteiger partial charge in [-0.1, -0.05) is 0 Å². The highest BCUT2D eigenvalue weighted by atomic mass is 127. The van der Waals surface area contributed by atoms with E-state index < -0.39 is 0 Å². The third-order valence-electron chi connectivity index (χ3n) is 0.607. The summed E-state index contributed by atoms with van der Waals surface area (Å²) in [7, 11) is 0. The fourth-order valence-corrected chi connectivity index (χ4v) is 0.645. The number of carbonyl (C=O) groups is 1. The van der Waals surface area contributed by atoms with Crippen LogP contribution < -0.4 is 0 Å². The lowest BCUT2D eigenvalue weighted by Crippen LogP contribution is -1.99. The zero-order chi connectivity index (χ0) is 8.15. The standard InChI is InChI=1S/C5H5BrI2O2/c1-3(9)10-2-4(7)5(6)8/h2H2,1H3/b5-4+. The minimum Gasteiger partial charge on any atom is -0.460 e. The van der Waals surface area contributed by atoms with Gasteiger partial charge in [-0.3, -0.25) is 4.79 Å². The molecule has 0 aromatic rings.